The number of fused-ring (bicyclic) bond motifs is 1. The van der Waals surface area contributed by atoms with Crippen LogP contribution in [0.2, 0.25) is 0 Å². The quantitative estimate of drug-likeness (QED) is 0.585. The molecule has 2 aromatic carbocycles. The van der Waals surface area contributed by atoms with Crippen molar-refractivity contribution in [2.24, 2.45) is 0 Å². The second-order valence-corrected chi connectivity index (χ2v) is 5.87. The van der Waals surface area contributed by atoms with Crippen LogP contribution in [0.25, 0.3) is 11.0 Å². The van der Waals surface area contributed by atoms with Crippen LogP contribution in [-0.4, -0.2) is 22.0 Å². The molecule has 0 amide bonds. The minimum atomic E-state index is -1.26. The number of nitrogens with two attached hydrogens (primary N) is 1. The van der Waals surface area contributed by atoms with E-state index in [1.54, 1.807) is 19.2 Å². The lowest BCUT2D eigenvalue weighted by Gasteiger charge is -2.11. The van der Waals surface area contributed by atoms with E-state index in [4.69, 9.17) is 10.5 Å². The highest BCUT2D eigenvalue weighted by atomic mass is 32.2. The fourth-order valence-corrected chi connectivity index (χ4v) is 3.22. The molecule has 0 bridgehead atoms. The van der Waals surface area contributed by atoms with Crippen molar-refractivity contribution in [3.63, 3.8) is 0 Å². The summed E-state index contributed by atoms with van der Waals surface area (Å²) in [6, 6.07) is 10.8. The van der Waals surface area contributed by atoms with Crippen LogP contribution in [0.3, 0.4) is 0 Å². The van der Waals surface area contributed by atoms with Crippen molar-refractivity contribution >= 4 is 27.9 Å². The molecular weight excluding hydrogens is 290 g/mol. The van der Waals surface area contributed by atoms with Gasteiger partial charge < -0.3 is 15.0 Å². The van der Waals surface area contributed by atoms with Gasteiger partial charge in [0.05, 0.1) is 12.8 Å². The molecule has 3 aromatic rings. The molecule has 21 heavy (non-hydrogen) atoms. The summed E-state index contributed by atoms with van der Waals surface area (Å²) >= 11 is -1.26. The van der Waals surface area contributed by atoms with Crippen LogP contribution in [0, 0.1) is 0 Å². The number of methoxy groups -OCH3 is 1. The molecule has 0 saturated heterocycles. The van der Waals surface area contributed by atoms with Gasteiger partial charge >= 0.3 is 0 Å². The second-order valence-electron chi connectivity index (χ2n) is 4.45. The molecule has 6 nitrogen and oxygen atoms in total. The molecule has 0 spiro atoms. The van der Waals surface area contributed by atoms with Gasteiger partial charge in [0.1, 0.15) is 11.5 Å². The van der Waals surface area contributed by atoms with Crippen LogP contribution in [-0.2, 0) is 16.9 Å². The number of ether oxygens (including phenoxy) is 1. The number of rotatable bonds is 4. The molecule has 1 unspecified atom stereocenters. The lowest BCUT2D eigenvalue weighted by atomic mass is 10.2. The van der Waals surface area contributed by atoms with Gasteiger partial charge in [-0.15, -0.1) is 0 Å². The maximum atomic E-state index is 12.5. The van der Waals surface area contributed by atoms with Gasteiger partial charge in [-0.05, 0) is 45.8 Å². The maximum Gasteiger partial charge on any atom is 0.192 e. The highest BCUT2D eigenvalue weighted by Gasteiger charge is 2.20. The third-order valence-corrected chi connectivity index (χ3v) is 4.53. The van der Waals surface area contributed by atoms with Gasteiger partial charge in [0.15, 0.2) is 15.9 Å². The van der Waals surface area contributed by atoms with E-state index in [2.05, 4.69) is 14.9 Å². The van der Waals surface area contributed by atoms with E-state index < -0.39 is 11.2 Å². The Hall–Kier alpha value is -2.25. The number of nitrogen functional groups attached to an aromatic ring is 1. The second kappa shape index (κ2) is 5.63. The third kappa shape index (κ3) is 2.65. The number of hydrogen-bond acceptors (Lipinski definition) is 6. The number of nitrogens with zero attached hydrogens (tertiary/aromatic N) is 2. The predicted octanol–water partition coefficient (Wildman–Crippen LogP) is 2.12. The van der Waals surface area contributed by atoms with Crippen molar-refractivity contribution in [2.75, 3.05) is 12.8 Å². The zero-order chi connectivity index (χ0) is 14.8. The Kier molecular flexibility index (Phi) is 3.68. The van der Waals surface area contributed by atoms with Crippen LogP contribution in [0.4, 0.5) is 5.69 Å². The lowest BCUT2D eigenvalue weighted by Crippen LogP contribution is -2.06. The molecule has 0 fully saturated rings. The highest BCUT2D eigenvalue weighted by Crippen LogP contribution is 2.27. The van der Waals surface area contributed by atoms with E-state index in [-0.39, 0.29) is 0 Å². The Bertz CT molecular complexity index is 758. The topological polar surface area (TPSA) is 97.2 Å². The minimum Gasteiger partial charge on any atom is -0.611 e. The summed E-state index contributed by atoms with van der Waals surface area (Å²) < 4.78 is 22.3. The number of benzene rings is 2. The first-order chi connectivity index (χ1) is 10.2. The molecule has 1 heterocycles. The molecule has 108 valence electrons. The first-order valence-corrected chi connectivity index (χ1v) is 7.53. The first-order valence-electron chi connectivity index (χ1n) is 6.21. The minimum absolute atomic E-state index is 0.371. The van der Waals surface area contributed by atoms with E-state index in [9.17, 15) is 4.55 Å². The monoisotopic (exact) mass is 303 g/mol. The van der Waals surface area contributed by atoms with Crippen LogP contribution in [0.1, 0.15) is 5.56 Å². The average Bonchev–Trinajstić information content (AvgIpc) is 2.98. The molecule has 0 radical (unpaired) electrons. The first kappa shape index (κ1) is 13.7. The zero-order valence-electron chi connectivity index (χ0n) is 11.3. The SMILES string of the molecule is COc1ccc(C[S+]([O-])c2ccc(N)c3nonc23)cc1. The predicted molar refractivity (Wildman–Crippen MR) is 79.3 cm³/mol. The van der Waals surface area contributed by atoms with Crippen molar-refractivity contribution in [1.29, 1.82) is 0 Å². The van der Waals surface area contributed by atoms with Crippen molar-refractivity contribution in [2.45, 2.75) is 10.6 Å². The van der Waals surface area contributed by atoms with Gasteiger partial charge in [0.2, 0.25) is 0 Å². The Morgan fingerprint density at radius 1 is 1.14 bits per heavy atom. The summed E-state index contributed by atoms with van der Waals surface area (Å²) in [5, 5.41) is 7.52. The number of hydrogen-bond donors (Lipinski definition) is 1. The molecule has 0 aliphatic carbocycles. The van der Waals surface area contributed by atoms with Crippen molar-refractivity contribution in [3.05, 3.63) is 42.0 Å². The molecular formula is C14H13N3O3S. The highest BCUT2D eigenvalue weighted by molar-refractivity contribution is 7.90. The van der Waals surface area contributed by atoms with Crippen LogP contribution in [0.5, 0.6) is 5.75 Å². The van der Waals surface area contributed by atoms with Gasteiger partial charge in [-0.25, -0.2) is 4.63 Å². The van der Waals surface area contributed by atoms with Gasteiger partial charge in [-0.1, -0.05) is 12.1 Å². The van der Waals surface area contributed by atoms with Gasteiger partial charge in [0.25, 0.3) is 0 Å². The Morgan fingerprint density at radius 2 is 1.86 bits per heavy atom. The average molecular weight is 303 g/mol. The van der Waals surface area contributed by atoms with E-state index in [0.717, 1.165) is 11.3 Å². The summed E-state index contributed by atoms with van der Waals surface area (Å²) in [5.74, 6) is 1.13. The number of anilines is 1. The summed E-state index contributed by atoms with van der Waals surface area (Å²) in [5.41, 5.74) is 8.06. The zero-order valence-corrected chi connectivity index (χ0v) is 12.1. The molecule has 0 aliphatic heterocycles. The summed E-state index contributed by atoms with van der Waals surface area (Å²) in [7, 11) is 1.61. The normalized spacial score (nSPS) is 12.5. The molecule has 2 N–H and O–H groups in total. The molecule has 3 rings (SSSR count). The van der Waals surface area contributed by atoms with Crippen molar-refractivity contribution in [3.8, 4) is 5.75 Å². The Balaban J connectivity index is 1.88. The van der Waals surface area contributed by atoms with Crippen molar-refractivity contribution in [1.82, 2.24) is 10.3 Å². The van der Waals surface area contributed by atoms with Crippen LogP contribution in [0.15, 0.2) is 45.9 Å². The van der Waals surface area contributed by atoms with Crippen LogP contribution < -0.4 is 10.5 Å². The fraction of sp³-hybridized carbons (Fsp3) is 0.143. The smallest absolute Gasteiger partial charge is 0.192 e. The Morgan fingerprint density at radius 3 is 2.57 bits per heavy atom. The van der Waals surface area contributed by atoms with Gasteiger partial charge in [-0.2, -0.15) is 0 Å². The standard InChI is InChI=1S/C14H13N3O3S/c1-19-10-4-2-9(3-5-10)8-21(18)12-7-6-11(15)13-14(12)17-20-16-13/h2-7H,8,15H2,1H3. The molecule has 0 saturated carbocycles. The van der Waals surface area contributed by atoms with E-state index in [0.29, 0.717) is 27.4 Å². The van der Waals surface area contributed by atoms with E-state index >= 15 is 0 Å². The summed E-state index contributed by atoms with van der Waals surface area (Å²) in [6.45, 7) is 0. The summed E-state index contributed by atoms with van der Waals surface area (Å²) in [6.07, 6.45) is 0. The fourth-order valence-electron chi connectivity index (χ4n) is 2.00. The lowest BCUT2D eigenvalue weighted by molar-refractivity contribution is 0.315. The maximum absolute atomic E-state index is 12.5. The third-order valence-electron chi connectivity index (χ3n) is 3.11. The molecule has 1 atom stereocenters. The Labute approximate surface area is 124 Å². The van der Waals surface area contributed by atoms with Crippen molar-refractivity contribution < 1.29 is 13.9 Å². The van der Waals surface area contributed by atoms with Crippen LogP contribution >= 0.6 is 0 Å². The molecule has 0 aliphatic rings. The largest absolute Gasteiger partial charge is 0.611 e. The summed E-state index contributed by atoms with van der Waals surface area (Å²) in [4.78, 5) is 0.566. The van der Waals surface area contributed by atoms with E-state index in [1.807, 2.05) is 24.3 Å². The van der Waals surface area contributed by atoms with Gasteiger partial charge in [-0.3, -0.25) is 0 Å². The van der Waals surface area contributed by atoms with E-state index in [1.165, 1.54) is 0 Å². The van der Waals surface area contributed by atoms with Gasteiger partial charge in [0, 0.05) is 5.56 Å². The molecule has 1 aromatic heterocycles. The number of aromatic nitrogens is 2. The molecule has 7 heteroatoms.